The number of likely N-dealkylation sites (tertiary alicyclic amines) is 1. The number of hydrogen-bond acceptors (Lipinski definition) is 6. The maximum absolute atomic E-state index is 13.9. The molecule has 0 N–H and O–H groups in total. The number of alkyl halides is 2. The number of carbonyl (C=O) groups is 1. The Morgan fingerprint density at radius 3 is 2.42 bits per heavy atom. The van der Waals surface area contributed by atoms with Gasteiger partial charge in [0, 0.05) is 50.3 Å². The molecule has 2 atom stereocenters. The summed E-state index contributed by atoms with van der Waals surface area (Å²) in [6, 6.07) is 10.7. The number of pyridine rings is 1. The van der Waals surface area contributed by atoms with Crippen LogP contribution in [-0.4, -0.2) is 55.1 Å². The van der Waals surface area contributed by atoms with Gasteiger partial charge in [-0.25, -0.2) is 22.2 Å². The molecule has 2 aromatic rings. The van der Waals surface area contributed by atoms with Crippen LogP contribution < -0.4 is 4.90 Å². The molecule has 2 unspecified atom stereocenters. The summed E-state index contributed by atoms with van der Waals surface area (Å²) in [5, 5.41) is 8.96. The second kappa shape index (κ2) is 8.71. The molecule has 2 fully saturated rings. The fourth-order valence-electron chi connectivity index (χ4n) is 4.68. The third-order valence-electron chi connectivity index (χ3n) is 6.26. The Balaban J connectivity index is 1.42. The molecule has 33 heavy (non-hydrogen) atoms. The number of anilines is 1. The largest absolute Gasteiger partial charge is 0.347 e. The molecule has 174 valence electrons. The van der Waals surface area contributed by atoms with Crippen LogP contribution in [0.1, 0.15) is 37.3 Å². The van der Waals surface area contributed by atoms with Gasteiger partial charge in [0.2, 0.25) is 5.91 Å². The predicted octanol–water partition coefficient (Wildman–Crippen LogP) is 3.11. The molecule has 4 rings (SSSR count). The first-order valence-corrected chi connectivity index (χ1v) is 12.4. The van der Waals surface area contributed by atoms with Crippen molar-refractivity contribution in [2.75, 3.05) is 23.7 Å². The number of piperazine rings is 1. The maximum atomic E-state index is 13.9. The highest BCUT2D eigenvalue weighted by Crippen LogP contribution is 2.35. The van der Waals surface area contributed by atoms with Gasteiger partial charge >= 0.3 is 0 Å². The molecular formula is C23H24F2N4O3S. The minimum absolute atomic E-state index is 0.0595. The zero-order valence-corrected chi connectivity index (χ0v) is 18.9. The molecule has 0 radical (unpaired) electrons. The van der Waals surface area contributed by atoms with Crippen molar-refractivity contribution in [3.05, 3.63) is 53.7 Å². The van der Waals surface area contributed by atoms with E-state index in [4.69, 9.17) is 5.26 Å². The highest BCUT2D eigenvalue weighted by molar-refractivity contribution is 7.91. The highest BCUT2D eigenvalue weighted by atomic mass is 32.2. The molecule has 1 amide bonds. The van der Waals surface area contributed by atoms with Crippen molar-refractivity contribution < 1.29 is 22.0 Å². The number of rotatable bonds is 6. The fourth-order valence-corrected chi connectivity index (χ4v) is 6.21. The normalized spacial score (nSPS) is 20.5. The lowest BCUT2D eigenvalue weighted by molar-refractivity contribution is -0.131. The monoisotopic (exact) mass is 474 g/mol. The first-order chi connectivity index (χ1) is 15.6. The van der Waals surface area contributed by atoms with E-state index in [0.717, 1.165) is 30.8 Å². The minimum Gasteiger partial charge on any atom is -0.347 e. The second-order valence-electron chi connectivity index (χ2n) is 8.56. The molecule has 2 aliphatic rings. The quantitative estimate of drug-likeness (QED) is 0.639. The number of fused-ring (bicyclic) bond motifs is 2. The molecule has 0 saturated carbocycles. The summed E-state index contributed by atoms with van der Waals surface area (Å²) >= 11 is 0. The van der Waals surface area contributed by atoms with E-state index >= 15 is 0 Å². The van der Waals surface area contributed by atoms with Gasteiger partial charge in [0.1, 0.15) is 11.9 Å². The first-order valence-electron chi connectivity index (χ1n) is 10.7. The summed E-state index contributed by atoms with van der Waals surface area (Å²) in [7, 11) is -4.05. The smallest absolute Gasteiger partial charge is 0.271 e. The van der Waals surface area contributed by atoms with Crippen LogP contribution in [0.2, 0.25) is 0 Å². The molecule has 0 aliphatic carbocycles. The van der Waals surface area contributed by atoms with Crippen molar-refractivity contribution >= 4 is 21.6 Å². The topological polar surface area (TPSA) is 94.4 Å². The van der Waals surface area contributed by atoms with Gasteiger partial charge in [0.25, 0.3) is 5.92 Å². The van der Waals surface area contributed by atoms with Crippen LogP contribution in [0.25, 0.3) is 0 Å². The number of sulfone groups is 1. The molecule has 2 aliphatic heterocycles. The van der Waals surface area contributed by atoms with E-state index in [1.807, 2.05) is 6.07 Å². The lowest BCUT2D eigenvalue weighted by Gasteiger charge is -2.41. The summed E-state index contributed by atoms with van der Waals surface area (Å²) in [4.78, 5) is 20.6. The molecule has 0 spiro atoms. The summed E-state index contributed by atoms with van der Waals surface area (Å²) in [5.74, 6) is -3.37. The summed E-state index contributed by atoms with van der Waals surface area (Å²) in [6.45, 7) is 1.55. The zero-order chi connectivity index (χ0) is 23.8. The second-order valence-corrected chi connectivity index (χ2v) is 10.6. The van der Waals surface area contributed by atoms with E-state index in [2.05, 4.69) is 9.88 Å². The standard InChI is InChI=1S/C23H24F2N4O3S/c1-23(24,25)19-4-2-3-5-20(19)33(31,32)11-10-22(30)28-14-17-7-8-18(15-28)29(17)21-9-6-16(12-26)13-27-21/h2-6,9,13,17-18H,7-8,10-11,14-15H2,1H3. The Morgan fingerprint density at radius 1 is 1.18 bits per heavy atom. The molecule has 3 heterocycles. The van der Waals surface area contributed by atoms with Gasteiger partial charge in [-0.1, -0.05) is 18.2 Å². The fraction of sp³-hybridized carbons (Fsp3) is 0.435. The third kappa shape index (κ3) is 4.69. The van der Waals surface area contributed by atoms with Crippen molar-refractivity contribution in [1.29, 1.82) is 5.26 Å². The van der Waals surface area contributed by atoms with Crippen molar-refractivity contribution in [3.8, 4) is 6.07 Å². The molecule has 2 bridgehead atoms. The number of aromatic nitrogens is 1. The van der Waals surface area contributed by atoms with Crippen molar-refractivity contribution in [2.45, 2.75) is 49.1 Å². The van der Waals surface area contributed by atoms with Crippen molar-refractivity contribution in [3.63, 3.8) is 0 Å². The van der Waals surface area contributed by atoms with Crippen molar-refractivity contribution in [1.82, 2.24) is 9.88 Å². The maximum Gasteiger partial charge on any atom is 0.271 e. The number of nitrogens with zero attached hydrogens (tertiary/aromatic N) is 4. The zero-order valence-electron chi connectivity index (χ0n) is 18.1. The molecule has 2 saturated heterocycles. The van der Waals surface area contributed by atoms with E-state index in [0.29, 0.717) is 25.6 Å². The van der Waals surface area contributed by atoms with Gasteiger partial charge < -0.3 is 9.80 Å². The predicted molar refractivity (Wildman–Crippen MR) is 118 cm³/mol. The van der Waals surface area contributed by atoms with Crippen LogP contribution in [0.15, 0.2) is 47.5 Å². The lowest BCUT2D eigenvalue weighted by Crippen LogP contribution is -2.55. The van der Waals surface area contributed by atoms with Crippen LogP contribution in [0, 0.1) is 11.3 Å². The number of carbonyl (C=O) groups excluding carboxylic acids is 1. The summed E-state index contributed by atoms with van der Waals surface area (Å²) < 4.78 is 53.3. The number of benzene rings is 1. The molecule has 7 nitrogen and oxygen atoms in total. The Bertz CT molecular complexity index is 1180. The number of halogens is 2. The van der Waals surface area contributed by atoms with Gasteiger partial charge in [0.05, 0.1) is 16.2 Å². The Morgan fingerprint density at radius 2 is 1.85 bits per heavy atom. The third-order valence-corrected chi connectivity index (χ3v) is 8.02. The summed E-state index contributed by atoms with van der Waals surface area (Å²) in [5.41, 5.74) is -0.0810. The molecule has 10 heteroatoms. The van der Waals surface area contributed by atoms with Crippen molar-refractivity contribution in [2.24, 2.45) is 0 Å². The lowest BCUT2D eigenvalue weighted by atomic mass is 10.1. The number of nitriles is 1. The van der Waals surface area contributed by atoms with Crippen LogP contribution >= 0.6 is 0 Å². The highest BCUT2D eigenvalue weighted by Gasteiger charge is 2.42. The minimum atomic E-state index is -4.05. The van der Waals surface area contributed by atoms with Crippen LogP contribution in [0.3, 0.4) is 0 Å². The van der Waals surface area contributed by atoms with Gasteiger partial charge in [0.15, 0.2) is 9.84 Å². The Labute approximate surface area is 191 Å². The van der Waals surface area contributed by atoms with Gasteiger partial charge in [-0.3, -0.25) is 4.79 Å². The van der Waals surface area contributed by atoms with Crippen LogP contribution in [-0.2, 0) is 20.6 Å². The van der Waals surface area contributed by atoms with E-state index in [1.54, 1.807) is 17.0 Å². The number of hydrogen-bond donors (Lipinski definition) is 0. The summed E-state index contributed by atoms with van der Waals surface area (Å²) in [6.07, 6.45) is 3.02. The Kier molecular flexibility index (Phi) is 6.10. The molecule has 1 aromatic carbocycles. The van der Waals surface area contributed by atoms with E-state index < -0.39 is 32.0 Å². The van der Waals surface area contributed by atoms with Gasteiger partial charge in [-0.05, 0) is 31.0 Å². The van der Waals surface area contributed by atoms with Crippen LogP contribution in [0.5, 0.6) is 0 Å². The average Bonchev–Trinajstić information content (AvgIpc) is 3.06. The van der Waals surface area contributed by atoms with E-state index in [-0.39, 0.29) is 24.4 Å². The average molecular weight is 475 g/mol. The van der Waals surface area contributed by atoms with Gasteiger partial charge in [-0.15, -0.1) is 0 Å². The Hall–Kier alpha value is -3.06. The molecule has 1 aromatic heterocycles. The number of amides is 1. The van der Waals surface area contributed by atoms with Crippen LogP contribution in [0.4, 0.5) is 14.6 Å². The molecular weight excluding hydrogens is 450 g/mol. The van der Waals surface area contributed by atoms with E-state index in [9.17, 15) is 22.0 Å². The van der Waals surface area contributed by atoms with Gasteiger partial charge in [-0.2, -0.15) is 5.26 Å². The first kappa shape index (κ1) is 23.1. The van der Waals surface area contributed by atoms with E-state index in [1.165, 1.54) is 18.3 Å². The SMILES string of the molecule is CC(F)(F)c1ccccc1S(=O)(=O)CCC(=O)N1CC2CCC(C1)N2c1ccc(C#N)cn1.